The molecule has 0 bridgehead atoms. The van der Waals surface area contributed by atoms with Crippen LogP contribution in [0.15, 0.2) is 108 Å². The van der Waals surface area contributed by atoms with Crippen LogP contribution in [0.1, 0.15) is 75.8 Å². The van der Waals surface area contributed by atoms with Crippen molar-refractivity contribution in [2.75, 3.05) is 39.8 Å². The minimum atomic E-state index is -1.45. The van der Waals surface area contributed by atoms with E-state index < -0.39 is 23.8 Å². The Morgan fingerprint density at radius 3 is 2.44 bits per heavy atom. The Kier molecular flexibility index (Phi) is 13.7. The number of ether oxygens (including phenoxy) is 6. The van der Waals surface area contributed by atoms with Gasteiger partial charge in [-0.05, 0) is 116 Å². The van der Waals surface area contributed by atoms with Crippen molar-refractivity contribution in [3.63, 3.8) is 0 Å². The molecule has 8 rings (SSSR count). The van der Waals surface area contributed by atoms with Crippen LogP contribution in [0.3, 0.4) is 0 Å². The lowest BCUT2D eigenvalue weighted by molar-refractivity contribution is -0.256. The molecule has 1 amide bonds. The zero-order valence-corrected chi connectivity index (χ0v) is 35.7. The van der Waals surface area contributed by atoms with Gasteiger partial charge in [-0.25, -0.2) is 4.79 Å². The summed E-state index contributed by atoms with van der Waals surface area (Å²) < 4.78 is 38.3. The van der Waals surface area contributed by atoms with Gasteiger partial charge in [0.05, 0.1) is 24.8 Å². The number of oxime groups is 1. The van der Waals surface area contributed by atoms with E-state index in [1.54, 1.807) is 17.9 Å². The van der Waals surface area contributed by atoms with Crippen molar-refractivity contribution in [1.82, 2.24) is 4.90 Å². The highest BCUT2D eigenvalue weighted by Gasteiger charge is 2.65. The molecule has 1 saturated carbocycles. The molecule has 6 unspecified atom stereocenters. The molecule has 2 N–H and O–H groups in total. The quantitative estimate of drug-likeness (QED) is 0.0533. The Labute approximate surface area is 363 Å². The maximum absolute atomic E-state index is 14.5. The second kappa shape index (κ2) is 19.7. The lowest BCUT2D eigenvalue weighted by atomic mass is 9.55. The third kappa shape index (κ3) is 8.73. The van der Waals surface area contributed by atoms with Gasteiger partial charge in [0.2, 0.25) is 12.6 Å². The Morgan fingerprint density at radius 2 is 1.65 bits per heavy atom. The summed E-state index contributed by atoms with van der Waals surface area (Å²) in [5, 5.41) is 26.9. The molecule has 12 nitrogen and oxygen atoms in total. The Hall–Kier alpha value is -5.56. The summed E-state index contributed by atoms with van der Waals surface area (Å²) in [6.45, 7) is 8.86. The summed E-state index contributed by atoms with van der Waals surface area (Å²) in [7, 11) is 0. The normalized spacial score (nSPS) is 23.8. The van der Waals surface area contributed by atoms with Gasteiger partial charge in [-0.3, -0.25) is 4.90 Å². The lowest BCUT2D eigenvalue weighted by Gasteiger charge is -2.59. The first-order chi connectivity index (χ1) is 30.4. The highest BCUT2D eigenvalue weighted by atomic mass is 16.7. The number of hydrogen-bond donors (Lipinski definition) is 2. The second-order valence-corrected chi connectivity index (χ2v) is 16.3. The molecule has 1 fully saturated rings. The summed E-state index contributed by atoms with van der Waals surface area (Å²) in [5.41, 5.74) is 3.44. The van der Waals surface area contributed by atoms with Crippen LogP contribution in [0.4, 0.5) is 4.79 Å². The Bertz CT molecular complexity index is 2280. The number of unbranched alkanes of at least 4 members (excludes halogenated alkanes) is 2. The van der Waals surface area contributed by atoms with Gasteiger partial charge >= 0.3 is 6.09 Å². The summed E-state index contributed by atoms with van der Waals surface area (Å²) >= 11 is 0. The Balaban J connectivity index is 1.31. The zero-order valence-electron chi connectivity index (χ0n) is 35.7. The van der Waals surface area contributed by atoms with Gasteiger partial charge in [-0.2, -0.15) is 0 Å². The first-order valence-electron chi connectivity index (χ1n) is 22.1. The average molecular weight is 847 g/mol. The van der Waals surface area contributed by atoms with Crippen LogP contribution >= 0.6 is 0 Å². The van der Waals surface area contributed by atoms with Crippen LogP contribution in [0.2, 0.25) is 0 Å². The fourth-order valence-electron chi connectivity index (χ4n) is 9.97. The molecule has 6 atom stereocenters. The molecular weight excluding hydrogens is 789 g/mol. The topological polar surface area (TPSA) is 138 Å². The van der Waals surface area contributed by atoms with Crippen molar-refractivity contribution in [2.24, 2.45) is 22.9 Å². The van der Waals surface area contributed by atoms with E-state index in [9.17, 15) is 15.0 Å². The van der Waals surface area contributed by atoms with Gasteiger partial charge in [-0.1, -0.05) is 66.5 Å². The molecular formula is C50H58N2O10. The third-order valence-corrected chi connectivity index (χ3v) is 12.6. The lowest BCUT2D eigenvalue weighted by Crippen LogP contribution is -2.70. The second-order valence-electron chi connectivity index (χ2n) is 16.3. The fourth-order valence-corrected chi connectivity index (χ4v) is 9.97. The van der Waals surface area contributed by atoms with Crippen molar-refractivity contribution >= 4 is 22.6 Å². The van der Waals surface area contributed by atoms with Crippen LogP contribution in [0, 0.1) is 17.8 Å². The van der Waals surface area contributed by atoms with Gasteiger partial charge in [0.15, 0.2) is 11.5 Å². The first-order valence-corrected chi connectivity index (χ1v) is 22.1. The molecule has 4 aliphatic rings. The van der Waals surface area contributed by atoms with Crippen LogP contribution in [0.5, 0.6) is 28.7 Å². The monoisotopic (exact) mass is 846 g/mol. The smallest absolute Gasteiger partial charge is 0.410 e. The zero-order chi connectivity index (χ0) is 43.1. The van der Waals surface area contributed by atoms with Gasteiger partial charge in [0.25, 0.3) is 0 Å². The molecule has 2 aliphatic heterocycles. The summed E-state index contributed by atoms with van der Waals surface area (Å²) in [4.78, 5) is 22.1. The van der Waals surface area contributed by atoms with E-state index in [4.69, 9.17) is 38.4 Å². The number of fused-ring (bicyclic) bond motifs is 4. The minimum absolute atomic E-state index is 0.0521. The molecule has 2 aliphatic carbocycles. The molecule has 2 heterocycles. The van der Waals surface area contributed by atoms with E-state index in [2.05, 4.69) is 36.9 Å². The highest BCUT2D eigenvalue weighted by molar-refractivity contribution is 6.03. The number of benzene rings is 4. The summed E-state index contributed by atoms with van der Waals surface area (Å²) in [6.07, 6.45) is 8.38. The van der Waals surface area contributed by atoms with E-state index in [1.165, 1.54) is 0 Å². The van der Waals surface area contributed by atoms with E-state index >= 15 is 0 Å². The molecule has 12 heteroatoms. The van der Waals surface area contributed by atoms with Crippen molar-refractivity contribution in [1.29, 1.82) is 0 Å². The number of rotatable bonds is 19. The number of aliphatic hydroxyl groups excluding tert-OH is 2. The molecule has 4 aromatic rings. The number of nitrogens with zero attached hydrogens (tertiary/aromatic N) is 2. The molecule has 62 heavy (non-hydrogen) atoms. The fraction of sp³-hybridized carbons (Fsp3) is 0.440. The van der Waals surface area contributed by atoms with Crippen molar-refractivity contribution in [2.45, 2.75) is 83.1 Å². The van der Waals surface area contributed by atoms with Gasteiger partial charge in [0, 0.05) is 37.7 Å². The van der Waals surface area contributed by atoms with Crippen LogP contribution < -0.4 is 18.9 Å². The molecule has 328 valence electrons. The largest absolute Gasteiger partial charge is 0.459 e. The minimum Gasteiger partial charge on any atom is -0.459 e. The number of aliphatic hydroxyl groups is 2. The van der Waals surface area contributed by atoms with E-state index in [-0.39, 0.29) is 63.9 Å². The van der Waals surface area contributed by atoms with Crippen molar-refractivity contribution in [3.05, 3.63) is 114 Å². The number of carbonyl (C=O) groups excluding carboxylic acids is 1. The SMILES string of the molecule is C=CCOC12Oc3ccc(Oc4ccc5ccccc5c4)cc3C3C(CCCCO)C(CCCCO)C=C(C(=NOCC)CC1N(Cc1ccc4c(c1)OCO4)C(=O)OCC)C32. The standard InChI is InChI=1S/C50H58N2O10/c1-4-25-59-50-46(52(49(55)56-5-2)31-33-17-21-44-45(26-33)58-32-57-44)30-42(51-60-6-3)40-28-36(15-9-11-23-53)39(16-10-12-24-54)47(48(40)50)41-29-38(20-22-43(41)62-50)61-37-19-18-34-13-7-8-14-35(34)27-37/h4,7-8,13-14,17-22,26-29,36,39,46-48,53-54H,1,5-6,9-12,15-16,23-25,30-32H2,2-3H3. The van der Waals surface area contributed by atoms with E-state index in [0.717, 1.165) is 53.2 Å². The molecule has 0 radical (unpaired) electrons. The van der Waals surface area contributed by atoms with Gasteiger partial charge in [0.1, 0.15) is 29.9 Å². The van der Waals surface area contributed by atoms with Crippen LogP contribution in [0.25, 0.3) is 10.8 Å². The highest BCUT2D eigenvalue weighted by Crippen LogP contribution is 2.62. The predicted octanol–water partition coefficient (Wildman–Crippen LogP) is 9.67. The number of allylic oxidation sites excluding steroid dienone is 1. The number of hydrogen-bond acceptors (Lipinski definition) is 11. The van der Waals surface area contributed by atoms with Crippen molar-refractivity contribution < 1.29 is 48.3 Å². The molecule has 0 aromatic heterocycles. The Morgan fingerprint density at radius 1 is 0.887 bits per heavy atom. The number of amides is 1. The molecule has 0 spiro atoms. The number of carbonyl (C=O) groups is 1. The predicted molar refractivity (Wildman–Crippen MR) is 236 cm³/mol. The van der Waals surface area contributed by atoms with Crippen LogP contribution in [-0.2, 0) is 20.9 Å². The average Bonchev–Trinajstić information content (AvgIpc) is 3.76. The van der Waals surface area contributed by atoms with E-state index in [1.807, 2.05) is 61.5 Å². The summed E-state index contributed by atoms with van der Waals surface area (Å²) in [6, 6.07) is 25.2. The maximum atomic E-state index is 14.5. The summed E-state index contributed by atoms with van der Waals surface area (Å²) in [5.74, 6) is 1.25. The van der Waals surface area contributed by atoms with Gasteiger partial charge < -0.3 is 43.5 Å². The third-order valence-electron chi connectivity index (χ3n) is 12.6. The molecule has 0 saturated heterocycles. The van der Waals surface area contributed by atoms with Gasteiger partial charge in [-0.15, -0.1) is 6.58 Å². The van der Waals surface area contributed by atoms with Crippen LogP contribution in [-0.4, -0.2) is 78.6 Å². The molecule has 4 aromatic carbocycles. The van der Waals surface area contributed by atoms with E-state index in [0.29, 0.717) is 53.9 Å². The first kappa shape index (κ1) is 43.1. The maximum Gasteiger partial charge on any atom is 0.410 e. The van der Waals surface area contributed by atoms with Crippen molar-refractivity contribution in [3.8, 4) is 28.7 Å².